The third-order valence-corrected chi connectivity index (χ3v) is 4.41. The van der Waals surface area contributed by atoms with Gasteiger partial charge in [0.05, 0.1) is 11.0 Å². The van der Waals surface area contributed by atoms with Gasteiger partial charge >= 0.3 is 0 Å². The van der Waals surface area contributed by atoms with E-state index in [0.29, 0.717) is 15.5 Å². The van der Waals surface area contributed by atoms with Gasteiger partial charge in [-0.05, 0) is 40.5 Å². The van der Waals surface area contributed by atoms with E-state index in [1.54, 1.807) is 12.3 Å². The number of nitrogens with zero attached hydrogens (tertiary/aromatic N) is 1. The SMILES string of the molecule is Cc1c(NCc2cnc(Cl)s2)ccc(F)c1Br. The number of anilines is 1. The summed E-state index contributed by atoms with van der Waals surface area (Å²) in [6.45, 7) is 2.48. The molecule has 0 unspecified atom stereocenters. The molecule has 0 saturated heterocycles. The lowest BCUT2D eigenvalue weighted by Crippen LogP contribution is -2.00. The first kappa shape index (κ1) is 12.8. The van der Waals surface area contributed by atoms with Gasteiger partial charge in [-0.25, -0.2) is 9.37 Å². The van der Waals surface area contributed by atoms with Crippen LogP contribution in [0.4, 0.5) is 10.1 Å². The molecular weight excluding hydrogens is 327 g/mol. The van der Waals surface area contributed by atoms with Crippen molar-refractivity contribution in [2.24, 2.45) is 0 Å². The number of aromatic nitrogens is 1. The van der Waals surface area contributed by atoms with E-state index in [4.69, 9.17) is 11.6 Å². The number of rotatable bonds is 3. The van der Waals surface area contributed by atoms with Crippen LogP contribution >= 0.6 is 38.9 Å². The highest BCUT2D eigenvalue weighted by molar-refractivity contribution is 9.10. The minimum absolute atomic E-state index is 0.256. The van der Waals surface area contributed by atoms with Crippen LogP contribution in [0.3, 0.4) is 0 Å². The molecule has 1 heterocycles. The van der Waals surface area contributed by atoms with Gasteiger partial charge in [0.25, 0.3) is 0 Å². The Labute approximate surface area is 116 Å². The van der Waals surface area contributed by atoms with E-state index in [1.807, 2.05) is 6.92 Å². The average molecular weight is 336 g/mol. The molecule has 1 N–H and O–H groups in total. The maximum atomic E-state index is 13.2. The molecule has 17 heavy (non-hydrogen) atoms. The molecule has 0 radical (unpaired) electrons. The van der Waals surface area contributed by atoms with Gasteiger partial charge in [-0.3, -0.25) is 0 Å². The molecule has 0 amide bonds. The average Bonchev–Trinajstić information content (AvgIpc) is 2.71. The Morgan fingerprint density at radius 1 is 1.53 bits per heavy atom. The smallest absolute Gasteiger partial charge is 0.183 e. The van der Waals surface area contributed by atoms with Crippen molar-refractivity contribution in [3.8, 4) is 0 Å². The summed E-state index contributed by atoms with van der Waals surface area (Å²) >= 11 is 10.4. The summed E-state index contributed by atoms with van der Waals surface area (Å²) in [5.74, 6) is -0.256. The molecule has 0 spiro atoms. The van der Waals surface area contributed by atoms with Crippen molar-refractivity contribution in [3.05, 3.63) is 43.5 Å². The third kappa shape index (κ3) is 2.97. The zero-order valence-corrected chi connectivity index (χ0v) is 12.1. The van der Waals surface area contributed by atoms with Crippen LogP contribution in [0.25, 0.3) is 0 Å². The molecule has 6 heteroatoms. The zero-order chi connectivity index (χ0) is 12.4. The molecule has 2 rings (SSSR count). The normalized spacial score (nSPS) is 10.6. The summed E-state index contributed by atoms with van der Waals surface area (Å²) in [4.78, 5) is 4.99. The highest BCUT2D eigenvalue weighted by Crippen LogP contribution is 2.27. The minimum Gasteiger partial charge on any atom is -0.380 e. The van der Waals surface area contributed by atoms with E-state index in [2.05, 4.69) is 26.2 Å². The van der Waals surface area contributed by atoms with Crippen molar-refractivity contribution in [3.63, 3.8) is 0 Å². The molecule has 1 aromatic carbocycles. The lowest BCUT2D eigenvalue weighted by molar-refractivity contribution is 0.620. The lowest BCUT2D eigenvalue weighted by atomic mass is 10.2. The minimum atomic E-state index is -0.256. The maximum absolute atomic E-state index is 13.2. The first-order valence-electron chi connectivity index (χ1n) is 4.86. The van der Waals surface area contributed by atoms with Crippen LogP contribution in [0.1, 0.15) is 10.4 Å². The number of hydrogen-bond donors (Lipinski definition) is 1. The predicted molar refractivity (Wildman–Crippen MR) is 73.3 cm³/mol. The summed E-state index contributed by atoms with van der Waals surface area (Å²) in [5, 5.41) is 3.23. The van der Waals surface area contributed by atoms with Gasteiger partial charge in [0.1, 0.15) is 5.82 Å². The summed E-state index contributed by atoms with van der Waals surface area (Å²) in [6, 6.07) is 3.15. The molecule has 2 nitrogen and oxygen atoms in total. The van der Waals surface area contributed by atoms with Crippen molar-refractivity contribution in [2.75, 3.05) is 5.32 Å². The molecule has 0 bridgehead atoms. The molecule has 0 saturated carbocycles. The maximum Gasteiger partial charge on any atom is 0.183 e. The van der Waals surface area contributed by atoms with E-state index in [-0.39, 0.29) is 5.82 Å². The Hall–Kier alpha value is -0.650. The first-order valence-corrected chi connectivity index (χ1v) is 6.85. The van der Waals surface area contributed by atoms with Crippen LogP contribution in [0.2, 0.25) is 4.47 Å². The Morgan fingerprint density at radius 3 is 2.94 bits per heavy atom. The summed E-state index contributed by atoms with van der Waals surface area (Å²) in [6.07, 6.45) is 1.73. The van der Waals surface area contributed by atoms with Crippen LogP contribution in [-0.4, -0.2) is 4.98 Å². The van der Waals surface area contributed by atoms with Crippen LogP contribution in [-0.2, 0) is 6.54 Å². The Morgan fingerprint density at radius 2 is 2.29 bits per heavy atom. The van der Waals surface area contributed by atoms with Gasteiger partial charge in [-0.1, -0.05) is 11.6 Å². The second kappa shape index (κ2) is 5.33. The molecule has 0 aliphatic carbocycles. The number of thiazole rings is 1. The Kier molecular flexibility index (Phi) is 4.01. The van der Waals surface area contributed by atoms with Crippen LogP contribution < -0.4 is 5.32 Å². The fourth-order valence-corrected chi connectivity index (χ4v) is 2.65. The van der Waals surface area contributed by atoms with Gasteiger partial charge in [0, 0.05) is 16.8 Å². The fourth-order valence-electron chi connectivity index (χ4n) is 1.39. The van der Waals surface area contributed by atoms with Gasteiger partial charge in [-0.15, -0.1) is 11.3 Å². The molecule has 1 aromatic heterocycles. The highest BCUT2D eigenvalue weighted by Gasteiger charge is 2.07. The van der Waals surface area contributed by atoms with Gasteiger partial charge in [0.2, 0.25) is 0 Å². The lowest BCUT2D eigenvalue weighted by Gasteiger charge is -2.10. The van der Waals surface area contributed by atoms with Crippen LogP contribution in [0, 0.1) is 12.7 Å². The summed E-state index contributed by atoms with van der Waals surface area (Å²) < 4.78 is 14.2. The predicted octanol–water partition coefficient (Wildman–Crippen LogP) is 4.62. The molecule has 0 aliphatic heterocycles. The topological polar surface area (TPSA) is 24.9 Å². The van der Waals surface area contributed by atoms with E-state index < -0.39 is 0 Å². The fraction of sp³-hybridized carbons (Fsp3) is 0.182. The second-order valence-electron chi connectivity index (χ2n) is 3.47. The van der Waals surface area contributed by atoms with Crippen molar-refractivity contribution < 1.29 is 4.39 Å². The molecule has 0 aliphatic rings. The zero-order valence-electron chi connectivity index (χ0n) is 8.93. The van der Waals surface area contributed by atoms with Crippen molar-refractivity contribution in [2.45, 2.75) is 13.5 Å². The van der Waals surface area contributed by atoms with Crippen LogP contribution in [0.5, 0.6) is 0 Å². The van der Waals surface area contributed by atoms with Gasteiger partial charge in [0.15, 0.2) is 4.47 Å². The summed E-state index contributed by atoms with van der Waals surface area (Å²) in [5.41, 5.74) is 1.74. The first-order chi connectivity index (χ1) is 8.08. The number of hydrogen-bond acceptors (Lipinski definition) is 3. The molecule has 0 fully saturated rings. The van der Waals surface area contributed by atoms with Gasteiger partial charge in [-0.2, -0.15) is 0 Å². The van der Waals surface area contributed by atoms with Crippen LogP contribution in [0.15, 0.2) is 22.8 Å². The Balaban J connectivity index is 2.12. The van der Waals surface area contributed by atoms with E-state index in [0.717, 1.165) is 16.1 Å². The monoisotopic (exact) mass is 334 g/mol. The number of benzene rings is 1. The summed E-state index contributed by atoms with van der Waals surface area (Å²) in [7, 11) is 0. The van der Waals surface area contributed by atoms with E-state index in [1.165, 1.54) is 17.4 Å². The van der Waals surface area contributed by atoms with Crippen molar-refractivity contribution in [1.82, 2.24) is 4.98 Å². The molecule has 2 aromatic rings. The standard InChI is InChI=1S/C11H9BrClFN2S/c1-6-9(3-2-8(14)10(6)12)15-4-7-5-16-11(13)17-7/h2-3,5,15H,4H2,1H3. The second-order valence-corrected chi connectivity index (χ2v) is 5.96. The van der Waals surface area contributed by atoms with E-state index >= 15 is 0 Å². The number of nitrogens with one attached hydrogen (secondary N) is 1. The van der Waals surface area contributed by atoms with E-state index in [9.17, 15) is 4.39 Å². The largest absolute Gasteiger partial charge is 0.380 e. The molecule has 0 atom stereocenters. The van der Waals surface area contributed by atoms with Crippen molar-refractivity contribution >= 4 is 44.6 Å². The van der Waals surface area contributed by atoms with Gasteiger partial charge < -0.3 is 5.32 Å². The highest BCUT2D eigenvalue weighted by atomic mass is 79.9. The number of halogens is 3. The molecular formula is C11H9BrClFN2S. The van der Waals surface area contributed by atoms with Crippen molar-refractivity contribution in [1.29, 1.82) is 0 Å². The Bertz CT molecular complexity index is 544. The molecule has 90 valence electrons. The quantitative estimate of drug-likeness (QED) is 0.885. The third-order valence-electron chi connectivity index (χ3n) is 2.32.